The van der Waals surface area contributed by atoms with Gasteiger partial charge in [-0.15, -0.1) is 11.3 Å². The zero-order chi connectivity index (χ0) is 14.1. The molecular formula is C12H10ClN5OS. The molecule has 0 aliphatic heterocycles. The van der Waals surface area contributed by atoms with Crippen LogP contribution in [0.3, 0.4) is 0 Å². The quantitative estimate of drug-likeness (QED) is 0.773. The molecule has 3 heterocycles. The van der Waals surface area contributed by atoms with Gasteiger partial charge in [-0.05, 0) is 0 Å². The number of hydrogen-bond acceptors (Lipinski definition) is 7. The third-order valence-electron chi connectivity index (χ3n) is 2.65. The molecule has 3 rings (SSSR count). The highest BCUT2D eigenvalue weighted by atomic mass is 35.5. The summed E-state index contributed by atoms with van der Waals surface area (Å²) in [7, 11) is 1.71. The molecule has 0 unspecified atom stereocenters. The van der Waals surface area contributed by atoms with Crippen LogP contribution in [0.1, 0.15) is 0 Å². The van der Waals surface area contributed by atoms with Crippen molar-refractivity contribution in [2.75, 3.05) is 18.1 Å². The Morgan fingerprint density at radius 1 is 1.30 bits per heavy atom. The minimum Gasteiger partial charge on any atom is -0.452 e. The van der Waals surface area contributed by atoms with Gasteiger partial charge < -0.3 is 15.8 Å². The number of rotatable bonds is 3. The highest BCUT2D eigenvalue weighted by molar-refractivity contribution is 7.16. The van der Waals surface area contributed by atoms with E-state index in [9.17, 15) is 0 Å². The number of nitrogens with two attached hydrogens (primary N) is 1. The highest BCUT2D eigenvalue weighted by Gasteiger charge is 2.12. The van der Waals surface area contributed by atoms with Gasteiger partial charge in [0.25, 0.3) is 0 Å². The molecule has 0 fully saturated rings. The van der Waals surface area contributed by atoms with Crippen LogP contribution in [0.5, 0.6) is 11.5 Å². The van der Waals surface area contributed by atoms with Gasteiger partial charge in [-0.3, -0.25) is 0 Å². The van der Waals surface area contributed by atoms with E-state index in [1.165, 1.54) is 17.5 Å². The Kier molecular flexibility index (Phi) is 3.29. The van der Waals surface area contributed by atoms with E-state index in [2.05, 4.69) is 20.3 Å². The number of thiazole rings is 1. The summed E-state index contributed by atoms with van der Waals surface area (Å²) >= 11 is 7.69. The Morgan fingerprint density at radius 2 is 2.15 bits per heavy atom. The molecule has 102 valence electrons. The van der Waals surface area contributed by atoms with Crippen LogP contribution in [0.25, 0.3) is 10.3 Å². The van der Waals surface area contributed by atoms with Crippen molar-refractivity contribution in [3.8, 4) is 11.5 Å². The Hall–Kier alpha value is -2.12. The molecule has 20 heavy (non-hydrogen) atoms. The van der Waals surface area contributed by atoms with Crippen LogP contribution in [0.2, 0.25) is 5.02 Å². The number of pyridine rings is 2. The van der Waals surface area contributed by atoms with E-state index in [-0.39, 0.29) is 0 Å². The molecule has 0 atom stereocenters. The van der Waals surface area contributed by atoms with E-state index in [4.69, 9.17) is 22.1 Å². The Labute approximate surface area is 123 Å². The number of nitrogens with zero attached hydrogens (tertiary/aromatic N) is 3. The van der Waals surface area contributed by atoms with Gasteiger partial charge in [0.15, 0.2) is 5.75 Å². The second-order valence-electron chi connectivity index (χ2n) is 3.90. The van der Waals surface area contributed by atoms with Gasteiger partial charge in [0.05, 0.1) is 23.6 Å². The molecule has 3 N–H and O–H groups in total. The van der Waals surface area contributed by atoms with Crippen molar-refractivity contribution < 1.29 is 4.74 Å². The van der Waals surface area contributed by atoms with E-state index in [0.717, 1.165) is 10.3 Å². The van der Waals surface area contributed by atoms with E-state index in [1.807, 2.05) is 0 Å². The summed E-state index contributed by atoms with van der Waals surface area (Å²) in [6, 6.07) is 1.80. The number of halogens is 1. The first kappa shape index (κ1) is 12.9. The standard InChI is InChI=1S/C12H10ClN5OS/c1-15-10-9(13)8(4-16-11(10)14)19-6-2-7-12(17-3-6)20-5-18-7/h2-5,15H,1H3,(H2,14,16). The molecule has 0 spiro atoms. The SMILES string of the molecule is CNc1c(N)ncc(Oc2cnc3scnc3c2)c1Cl. The van der Waals surface area contributed by atoms with Crippen molar-refractivity contribution in [2.24, 2.45) is 0 Å². The lowest BCUT2D eigenvalue weighted by Gasteiger charge is -2.11. The Morgan fingerprint density at radius 3 is 2.95 bits per heavy atom. The largest absolute Gasteiger partial charge is 0.452 e. The molecule has 0 saturated heterocycles. The molecule has 3 aromatic heterocycles. The van der Waals surface area contributed by atoms with Crippen molar-refractivity contribution in [3.05, 3.63) is 29.0 Å². The van der Waals surface area contributed by atoms with Crippen LogP contribution in [0.15, 0.2) is 24.0 Å². The van der Waals surface area contributed by atoms with Crippen LogP contribution in [0.4, 0.5) is 11.5 Å². The number of ether oxygens (including phenoxy) is 1. The number of anilines is 2. The number of nitrogens with one attached hydrogen (secondary N) is 1. The summed E-state index contributed by atoms with van der Waals surface area (Å²) in [4.78, 5) is 13.3. The van der Waals surface area contributed by atoms with Crippen LogP contribution in [-0.2, 0) is 0 Å². The van der Waals surface area contributed by atoms with E-state index in [0.29, 0.717) is 28.0 Å². The van der Waals surface area contributed by atoms with Gasteiger partial charge in [0.2, 0.25) is 0 Å². The fraction of sp³-hybridized carbons (Fsp3) is 0.0833. The predicted molar refractivity (Wildman–Crippen MR) is 80.7 cm³/mol. The second-order valence-corrected chi connectivity index (χ2v) is 5.11. The zero-order valence-corrected chi connectivity index (χ0v) is 12.0. The topological polar surface area (TPSA) is 86.0 Å². The lowest BCUT2D eigenvalue weighted by atomic mass is 10.3. The predicted octanol–water partition coefficient (Wildman–Crippen LogP) is 3.16. The maximum atomic E-state index is 6.22. The van der Waals surface area contributed by atoms with Gasteiger partial charge >= 0.3 is 0 Å². The van der Waals surface area contributed by atoms with Gasteiger partial charge in [0.1, 0.15) is 26.9 Å². The summed E-state index contributed by atoms with van der Waals surface area (Å²) in [6.07, 6.45) is 3.09. The van der Waals surface area contributed by atoms with Crippen molar-refractivity contribution in [3.63, 3.8) is 0 Å². The first-order valence-electron chi connectivity index (χ1n) is 5.68. The molecule has 0 bridgehead atoms. The first-order chi connectivity index (χ1) is 9.69. The average Bonchev–Trinajstić information content (AvgIpc) is 2.90. The molecule has 8 heteroatoms. The number of aromatic nitrogens is 3. The summed E-state index contributed by atoms with van der Waals surface area (Å²) in [5.74, 6) is 1.26. The number of fused-ring (bicyclic) bond motifs is 1. The van der Waals surface area contributed by atoms with E-state index < -0.39 is 0 Å². The number of hydrogen-bond donors (Lipinski definition) is 2. The van der Waals surface area contributed by atoms with Crippen molar-refractivity contribution in [2.45, 2.75) is 0 Å². The van der Waals surface area contributed by atoms with Crippen molar-refractivity contribution in [1.29, 1.82) is 0 Å². The van der Waals surface area contributed by atoms with E-state index >= 15 is 0 Å². The molecule has 6 nitrogen and oxygen atoms in total. The van der Waals surface area contributed by atoms with Gasteiger partial charge in [-0.25, -0.2) is 15.0 Å². The molecule has 0 aromatic carbocycles. The molecule has 0 radical (unpaired) electrons. The minimum absolute atomic E-state index is 0.318. The highest BCUT2D eigenvalue weighted by Crippen LogP contribution is 2.37. The van der Waals surface area contributed by atoms with Crippen LogP contribution in [0, 0.1) is 0 Å². The molecule has 0 amide bonds. The zero-order valence-electron chi connectivity index (χ0n) is 10.4. The normalized spacial score (nSPS) is 10.7. The van der Waals surface area contributed by atoms with Gasteiger partial charge in [-0.2, -0.15) is 0 Å². The maximum Gasteiger partial charge on any atom is 0.166 e. The summed E-state index contributed by atoms with van der Waals surface area (Å²) in [6.45, 7) is 0. The van der Waals surface area contributed by atoms with Crippen LogP contribution < -0.4 is 15.8 Å². The molecule has 0 aliphatic carbocycles. The summed E-state index contributed by atoms with van der Waals surface area (Å²) in [5.41, 5.74) is 8.77. The van der Waals surface area contributed by atoms with Gasteiger partial charge in [0, 0.05) is 13.1 Å². The van der Waals surface area contributed by atoms with Crippen LogP contribution >= 0.6 is 22.9 Å². The third kappa shape index (κ3) is 2.21. The smallest absolute Gasteiger partial charge is 0.166 e. The lowest BCUT2D eigenvalue weighted by Crippen LogP contribution is -2.00. The van der Waals surface area contributed by atoms with E-state index in [1.54, 1.807) is 24.8 Å². The first-order valence-corrected chi connectivity index (χ1v) is 6.93. The minimum atomic E-state index is 0.318. The second kappa shape index (κ2) is 5.10. The molecule has 3 aromatic rings. The average molecular weight is 308 g/mol. The lowest BCUT2D eigenvalue weighted by molar-refractivity contribution is 0.479. The summed E-state index contributed by atoms with van der Waals surface area (Å²) < 4.78 is 5.70. The molecular weight excluding hydrogens is 298 g/mol. The third-order valence-corrected chi connectivity index (χ3v) is 3.78. The fourth-order valence-electron chi connectivity index (χ4n) is 1.72. The van der Waals surface area contributed by atoms with Crippen molar-refractivity contribution >= 4 is 44.8 Å². The molecule has 0 saturated carbocycles. The monoisotopic (exact) mass is 307 g/mol. The molecule has 0 aliphatic rings. The number of nitrogen functional groups attached to an aromatic ring is 1. The Balaban J connectivity index is 1.98. The fourth-order valence-corrected chi connectivity index (χ4v) is 2.61. The maximum absolute atomic E-state index is 6.22. The van der Waals surface area contributed by atoms with Crippen LogP contribution in [-0.4, -0.2) is 22.0 Å². The van der Waals surface area contributed by atoms with Gasteiger partial charge in [-0.1, -0.05) is 11.6 Å². The Bertz CT molecular complexity index is 776. The van der Waals surface area contributed by atoms with Crippen molar-refractivity contribution in [1.82, 2.24) is 15.0 Å². The summed E-state index contributed by atoms with van der Waals surface area (Å²) in [5, 5.41) is 3.26.